The summed E-state index contributed by atoms with van der Waals surface area (Å²) in [5.41, 5.74) is 1.17. The van der Waals surface area contributed by atoms with E-state index in [2.05, 4.69) is 43.1 Å². The zero-order valence-electron chi connectivity index (χ0n) is 10.6. The van der Waals surface area contributed by atoms with E-state index >= 15 is 0 Å². The number of hydrogen-bond donors (Lipinski definition) is 2. The number of nitrogens with one attached hydrogen (secondary N) is 2. The molecule has 1 aromatic heterocycles. The number of anilines is 2. The molecule has 0 fully saturated rings. The zero-order valence-corrected chi connectivity index (χ0v) is 12.2. The van der Waals surface area contributed by atoms with E-state index in [9.17, 15) is 4.79 Å². The Morgan fingerprint density at radius 1 is 1.25 bits per heavy atom. The molecule has 0 saturated heterocycles. The van der Waals surface area contributed by atoms with E-state index in [1.54, 1.807) is 6.08 Å². The summed E-state index contributed by atoms with van der Waals surface area (Å²) < 4.78 is 1.00. The maximum Gasteiger partial charge on any atom is 0.271 e. The molecule has 0 aliphatic heterocycles. The van der Waals surface area contributed by atoms with Crippen molar-refractivity contribution >= 4 is 33.3 Å². The number of carbonyl (C=O) groups excluding carboxylic acids is 1. The lowest BCUT2D eigenvalue weighted by atomic mass is 10.3. The topological polar surface area (TPSA) is 66.9 Å². The van der Waals surface area contributed by atoms with Gasteiger partial charge in [-0.25, -0.2) is 9.97 Å². The van der Waals surface area contributed by atoms with Gasteiger partial charge in [-0.2, -0.15) is 0 Å². The molecular weight excluding hydrogens is 320 g/mol. The van der Waals surface area contributed by atoms with E-state index in [-0.39, 0.29) is 11.6 Å². The molecule has 0 atom stereocenters. The fourth-order valence-electron chi connectivity index (χ4n) is 1.45. The molecule has 1 aromatic carbocycles. The Morgan fingerprint density at radius 2 is 2.00 bits per heavy atom. The Kier molecular flexibility index (Phi) is 4.84. The molecule has 1 heterocycles. The molecule has 0 bridgehead atoms. The van der Waals surface area contributed by atoms with Crippen molar-refractivity contribution in [2.24, 2.45) is 0 Å². The van der Waals surface area contributed by atoms with Crippen LogP contribution >= 0.6 is 15.9 Å². The smallest absolute Gasteiger partial charge is 0.271 e. The van der Waals surface area contributed by atoms with Gasteiger partial charge in [0.2, 0.25) is 0 Å². The second kappa shape index (κ2) is 6.81. The van der Waals surface area contributed by atoms with E-state index < -0.39 is 0 Å². The van der Waals surface area contributed by atoms with Crippen LogP contribution in [-0.2, 0) is 0 Å². The molecule has 6 heteroatoms. The third-order valence-electron chi connectivity index (χ3n) is 2.41. The van der Waals surface area contributed by atoms with Crippen molar-refractivity contribution in [3.8, 4) is 0 Å². The largest absolute Gasteiger partial charge is 0.347 e. The summed E-state index contributed by atoms with van der Waals surface area (Å²) in [5, 5.41) is 5.74. The summed E-state index contributed by atoms with van der Waals surface area (Å²) in [5.74, 6) is 0.306. The van der Waals surface area contributed by atoms with E-state index in [0.29, 0.717) is 12.4 Å². The van der Waals surface area contributed by atoms with Crippen LogP contribution in [0.5, 0.6) is 0 Å². The van der Waals surface area contributed by atoms with Gasteiger partial charge in [0.25, 0.3) is 5.91 Å². The van der Waals surface area contributed by atoms with Crippen molar-refractivity contribution in [2.45, 2.75) is 0 Å². The molecule has 0 aliphatic rings. The van der Waals surface area contributed by atoms with Crippen molar-refractivity contribution in [3.63, 3.8) is 0 Å². The first-order valence-corrected chi connectivity index (χ1v) is 6.72. The summed E-state index contributed by atoms with van der Waals surface area (Å²) in [6.07, 6.45) is 4.55. The van der Waals surface area contributed by atoms with Gasteiger partial charge >= 0.3 is 0 Å². The third kappa shape index (κ3) is 3.89. The van der Waals surface area contributed by atoms with Gasteiger partial charge in [-0.1, -0.05) is 22.0 Å². The van der Waals surface area contributed by atoms with Crippen LogP contribution in [0.25, 0.3) is 0 Å². The quantitative estimate of drug-likeness (QED) is 0.826. The molecule has 102 valence electrons. The summed E-state index contributed by atoms with van der Waals surface area (Å²) in [4.78, 5) is 19.8. The van der Waals surface area contributed by atoms with Gasteiger partial charge in [-0.05, 0) is 24.3 Å². The number of benzene rings is 1. The molecule has 2 aromatic rings. The minimum Gasteiger partial charge on any atom is -0.347 e. The van der Waals surface area contributed by atoms with Crippen LogP contribution in [0, 0.1) is 0 Å². The SMILES string of the molecule is C=CCNC(=O)c1cnc(Nc2ccc(Br)cc2)cn1. The summed E-state index contributed by atoms with van der Waals surface area (Å²) in [7, 11) is 0. The maximum atomic E-state index is 11.6. The highest BCUT2D eigenvalue weighted by atomic mass is 79.9. The molecule has 2 rings (SSSR count). The van der Waals surface area contributed by atoms with Crippen molar-refractivity contribution in [2.75, 3.05) is 11.9 Å². The molecule has 20 heavy (non-hydrogen) atoms. The van der Waals surface area contributed by atoms with Crippen LogP contribution in [0.3, 0.4) is 0 Å². The molecule has 0 saturated carbocycles. The van der Waals surface area contributed by atoms with Crippen molar-refractivity contribution in [1.82, 2.24) is 15.3 Å². The van der Waals surface area contributed by atoms with E-state index in [1.165, 1.54) is 12.4 Å². The lowest BCUT2D eigenvalue weighted by Gasteiger charge is -2.06. The van der Waals surface area contributed by atoms with Gasteiger partial charge in [0.15, 0.2) is 0 Å². The van der Waals surface area contributed by atoms with Crippen LogP contribution in [0.15, 0.2) is 53.8 Å². The lowest BCUT2D eigenvalue weighted by molar-refractivity contribution is 0.0952. The predicted molar refractivity (Wildman–Crippen MR) is 82.0 cm³/mol. The van der Waals surface area contributed by atoms with E-state index in [1.807, 2.05) is 24.3 Å². The third-order valence-corrected chi connectivity index (χ3v) is 2.94. The highest BCUT2D eigenvalue weighted by molar-refractivity contribution is 9.10. The van der Waals surface area contributed by atoms with E-state index in [4.69, 9.17) is 0 Å². The Balaban J connectivity index is 2.02. The molecule has 0 aliphatic carbocycles. The molecule has 5 nitrogen and oxygen atoms in total. The second-order valence-corrected chi connectivity index (χ2v) is 4.83. The number of hydrogen-bond acceptors (Lipinski definition) is 4. The lowest BCUT2D eigenvalue weighted by Crippen LogP contribution is -2.24. The van der Waals surface area contributed by atoms with Gasteiger partial charge in [0.1, 0.15) is 11.5 Å². The van der Waals surface area contributed by atoms with Gasteiger partial charge in [-0.15, -0.1) is 6.58 Å². The minimum atomic E-state index is -0.271. The Morgan fingerprint density at radius 3 is 2.60 bits per heavy atom. The van der Waals surface area contributed by atoms with Gasteiger partial charge in [0, 0.05) is 16.7 Å². The van der Waals surface area contributed by atoms with Crippen molar-refractivity contribution < 1.29 is 4.79 Å². The first-order valence-electron chi connectivity index (χ1n) is 5.93. The average molecular weight is 333 g/mol. The first kappa shape index (κ1) is 14.2. The summed E-state index contributed by atoms with van der Waals surface area (Å²) in [6.45, 7) is 3.93. The number of carbonyl (C=O) groups is 1. The highest BCUT2D eigenvalue weighted by Crippen LogP contribution is 2.17. The van der Waals surface area contributed by atoms with Crippen LogP contribution in [0.1, 0.15) is 10.5 Å². The minimum absolute atomic E-state index is 0.271. The van der Waals surface area contributed by atoms with Crippen LogP contribution in [-0.4, -0.2) is 22.4 Å². The second-order valence-electron chi connectivity index (χ2n) is 3.92. The summed E-state index contributed by atoms with van der Waals surface area (Å²) >= 11 is 3.37. The Hall–Kier alpha value is -2.21. The fraction of sp³-hybridized carbons (Fsp3) is 0.0714. The highest BCUT2D eigenvalue weighted by Gasteiger charge is 2.06. The van der Waals surface area contributed by atoms with Gasteiger partial charge in [-0.3, -0.25) is 4.79 Å². The number of rotatable bonds is 5. The molecular formula is C14H13BrN4O. The van der Waals surface area contributed by atoms with Crippen LogP contribution < -0.4 is 10.6 Å². The molecule has 0 unspecified atom stereocenters. The molecule has 0 spiro atoms. The van der Waals surface area contributed by atoms with Gasteiger partial charge in [0.05, 0.1) is 12.4 Å². The van der Waals surface area contributed by atoms with Crippen molar-refractivity contribution in [1.29, 1.82) is 0 Å². The van der Waals surface area contributed by atoms with Crippen LogP contribution in [0.2, 0.25) is 0 Å². The predicted octanol–water partition coefficient (Wildman–Crippen LogP) is 2.90. The number of amides is 1. The zero-order chi connectivity index (χ0) is 14.4. The Bertz CT molecular complexity index is 596. The Labute approximate surface area is 125 Å². The average Bonchev–Trinajstić information content (AvgIpc) is 2.48. The normalized spacial score (nSPS) is 9.85. The molecule has 1 amide bonds. The number of aromatic nitrogens is 2. The van der Waals surface area contributed by atoms with Crippen molar-refractivity contribution in [3.05, 3.63) is 59.5 Å². The van der Waals surface area contributed by atoms with E-state index in [0.717, 1.165) is 10.2 Å². The first-order chi connectivity index (χ1) is 9.69. The summed E-state index contributed by atoms with van der Waals surface area (Å²) in [6, 6.07) is 7.67. The number of nitrogens with zero attached hydrogens (tertiary/aromatic N) is 2. The monoisotopic (exact) mass is 332 g/mol. The van der Waals surface area contributed by atoms with Crippen LogP contribution in [0.4, 0.5) is 11.5 Å². The standard InChI is InChI=1S/C14H13BrN4O/c1-2-7-16-14(20)12-8-18-13(9-17-12)19-11-5-3-10(15)4-6-11/h2-6,8-9H,1,7H2,(H,16,20)(H,18,19). The van der Waals surface area contributed by atoms with Gasteiger partial charge < -0.3 is 10.6 Å². The maximum absolute atomic E-state index is 11.6. The number of halogens is 1. The fourth-order valence-corrected chi connectivity index (χ4v) is 1.71. The molecule has 2 N–H and O–H groups in total. The molecule has 0 radical (unpaired) electrons.